The fraction of sp³-hybridized carbons (Fsp3) is 0.160. The lowest BCUT2D eigenvalue weighted by molar-refractivity contribution is -0.383. The van der Waals surface area contributed by atoms with Gasteiger partial charge in [-0.1, -0.05) is 48.5 Å². The molecule has 4 aromatic rings. The monoisotopic (exact) mass is 429 g/mol. The van der Waals surface area contributed by atoms with Crippen LogP contribution < -0.4 is 10.7 Å². The van der Waals surface area contributed by atoms with Crippen LogP contribution in [0.5, 0.6) is 5.75 Å². The number of nitrogens with zero attached hydrogens (tertiary/aromatic N) is 1. The van der Waals surface area contributed by atoms with Gasteiger partial charge in [0.2, 0.25) is 5.43 Å². The molecule has 7 heteroatoms. The number of rotatable bonds is 8. The molecule has 3 aromatic carbocycles. The molecule has 0 fully saturated rings. The van der Waals surface area contributed by atoms with Gasteiger partial charge >= 0.3 is 0 Å². The van der Waals surface area contributed by atoms with Gasteiger partial charge in [0.25, 0.3) is 5.69 Å². The summed E-state index contributed by atoms with van der Waals surface area (Å²) in [5, 5.41) is 25.6. The van der Waals surface area contributed by atoms with E-state index in [0.29, 0.717) is 28.7 Å². The predicted octanol–water partition coefficient (Wildman–Crippen LogP) is 5.24. The molecule has 0 unspecified atom stereocenters. The van der Waals surface area contributed by atoms with Crippen LogP contribution in [-0.2, 0) is 6.42 Å². The van der Waals surface area contributed by atoms with E-state index in [1.807, 2.05) is 18.2 Å². The second kappa shape index (κ2) is 9.34. The Labute approximate surface area is 184 Å². The lowest BCUT2D eigenvalue weighted by atomic mass is 10.1. The maximum atomic E-state index is 12.5. The zero-order chi connectivity index (χ0) is 22.5. The Balaban J connectivity index is 1.52. The quantitative estimate of drug-likeness (QED) is 0.202. The molecule has 1 aromatic heterocycles. The second-order valence-corrected chi connectivity index (χ2v) is 7.58. The summed E-state index contributed by atoms with van der Waals surface area (Å²) in [7, 11) is 0. The summed E-state index contributed by atoms with van der Waals surface area (Å²) in [6, 6.07) is 21.6. The standard InChI is InChI=1S/C25H23N3O4/c29-24-19-11-4-5-12-20(19)27-23(25(24)30)18-13-14-21(22(16-18)28(31)32)26-15-7-6-10-17-8-2-1-3-9-17/h1-5,8-9,11-14,16,26,30H,6-7,10,15H2,(H,27,29). The number of H-pyrrole nitrogens is 1. The number of aryl methyl sites for hydroxylation is 1. The Hall–Kier alpha value is -4.13. The van der Waals surface area contributed by atoms with Crippen LogP contribution in [0, 0.1) is 10.1 Å². The van der Waals surface area contributed by atoms with Gasteiger partial charge in [-0.15, -0.1) is 0 Å². The third-order valence-corrected chi connectivity index (χ3v) is 5.42. The van der Waals surface area contributed by atoms with E-state index in [0.717, 1.165) is 19.3 Å². The number of anilines is 1. The van der Waals surface area contributed by atoms with Gasteiger partial charge in [0, 0.05) is 29.1 Å². The number of benzene rings is 3. The number of aromatic amines is 1. The summed E-state index contributed by atoms with van der Waals surface area (Å²) in [6.07, 6.45) is 2.79. The number of aromatic nitrogens is 1. The average molecular weight is 429 g/mol. The van der Waals surface area contributed by atoms with Crippen LogP contribution >= 0.6 is 0 Å². The lowest BCUT2D eigenvalue weighted by Gasteiger charge is -2.11. The van der Waals surface area contributed by atoms with Crippen molar-refractivity contribution in [3.05, 3.63) is 98.7 Å². The van der Waals surface area contributed by atoms with Crippen molar-refractivity contribution in [3.63, 3.8) is 0 Å². The Morgan fingerprint density at radius 3 is 2.50 bits per heavy atom. The van der Waals surface area contributed by atoms with Gasteiger partial charge in [-0.2, -0.15) is 0 Å². The van der Waals surface area contributed by atoms with Gasteiger partial charge in [-0.3, -0.25) is 14.9 Å². The van der Waals surface area contributed by atoms with Crippen LogP contribution in [0.1, 0.15) is 18.4 Å². The van der Waals surface area contributed by atoms with Crippen molar-refractivity contribution in [2.75, 3.05) is 11.9 Å². The van der Waals surface area contributed by atoms with Crippen LogP contribution in [0.4, 0.5) is 11.4 Å². The smallest absolute Gasteiger partial charge is 0.292 e. The summed E-state index contributed by atoms with van der Waals surface area (Å²) in [6.45, 7) is 0.602. The van der Waals surface area contributed by atoms with Gasteiger partial charge in [0.15, 0.2) is 5.75 Å². The molecule has 0 radical (unpaired) electrons. The molecule has 1 heterocycles. The van der Waals surface area contributed by atoms with Gasteiger partial charge in [0.1, 0.15) is 5.69 Å². The first-order valence-corrected chi connectivity index (χ1v) is 10.4. The maximum absolute atomic E-state index is 12.5. The van der Waals surface area contributed by atoms with Crippen molar-refractivity contribution >= 4 is 22.3 Å². The van der Waals surface area contributed by atoms with E-state index in [4.69, 9.17) is 0 Å². The Kier molecular flexibility index (Phi) is 6.17. The largest absolute Gasteiger partial charge is 0.503 e. The van der Waals surface area contributed by atoms with E-state index >= 15 is 0 Å². The summed E-state index contributed by atoms with van der Waals surface area (Å²) >= 11 is 0. The van der Waals surface area contributed by atoms with Crippen molar-refractivity contribution in [2.24, 2.45) is 0 Å². The molecule has 0 saturated heterocycles. The van der Waals surface area contributed by atoms with E-state index in [2.05, 4.69) is 22.4 Å². The maximum Gasteiger partial charge on any atom is 0.292 e. The summed E-state index contributed by atoms with van der Waals surface area (Å²) in [4.78, 5) is 26.7. The molecule has 0 bridgehead atoms. The van der Waals surface area contributed by atoms with Crippen LogP contribution in [0.3, 0.4) is 0 Å². The normalized spacial score (nSPS) is 10.9. The van der Waals surface area contributed by atoms with Crippen molar-refractivity contribution in [1.82, 2.24) is 4.98 Å². The van der Waals surface area contributed by atoms with E-state index in [1.165, 1.54) is 11.6 Å². The number of aromatic hydroxyl groups is 1. The molecule has 7 nitrogen and oxygen atoms in total. The number of pyridine rings is 1. The first-order valence-electron chi connectivity index (χ1n) is 10.4. The number of fused-ring (bicyclic) bond motifs is 1. The van der Waals surface area contributed by atoms with Gasteiger partial charge in [0.05, 0.1) is 10.6 Å². The van der Waals surface area contributed by atoms with Gasteiger partial charge < -0.3 is 15.4 Å². The first-order chi connectivity index (χ1) is 15.5. The molecule has 4 rings (SSSR count). The van der Waals surface area contributed by atoms with E-state index in [-0.39, 0.29) is 11.4 Å². The Bertz CT molecular complexity index is 1320. The van der Waals surface area contributed by atoms with Crippen molar-refractivity contribution in [1.29, 1.82) is 0 Å². The minimum atomic E-state index is -0.516. The zero-order valence-electron chi connectivity index (χ0n) is 17.4. The average Bonchev–Trinajstić information content (AvgIpc) is 2.82. The third-order valence-electron chi connectivity index (χ3n) is 5.42. The lowest BCUT2D eigenvalue weighted by Crippen LogP contribution is -2.06. The fourth-order valence-electron chi connectivity index (χ4n) is 3.74. The molecular formula is C25H23N3O4. The summed E-state index contributed by atoms with van der Waals surface area (Å²) in [5.74, 6) is -0.459. The molecule has 0 spiro atoms. The highest BCUT2D eigenvalue weighted by atomic mass is 16.6. The Morgan fingerprint density at radius 1 is 0.969 bits per heavy atom. The highest BCUT2D eigenvalue weighted by molar-refractivity contribution is 5.85. The molecular weight excluding hydrogens is 406 g/mol. The summed E-state index contributed by atoms with van der Waals surface area (Å²) in [5.41, 5.74) is 2.12. The molecule has 0 saturated carbocycles. The van der Waals surface area contributed by atoms with Crippen molar-refractivity contribution in [2.45, 2.75) is 19.3 Å². The highest BCUT2D eigenvalue weighted by Crippen LogP contribution is 2.33. The van der Waals surface area contributed by atoms with Gasteiger partial charge in [-0.05, 0) is 43.0 Å². The highest BCUT2D eigenvalue weighted by Gasteiger charge is 2.18. The number of nitro benzene ring substituents is 1. The Morgan fingerprint density at radius 2 is 1.72 bits per heavy atom. The first kappa shape index (κ1) is 21.1. The van der Waals surface area contributed by atoms with Crippen molar-refractivity contribution < 1.29 is 10.0 Å². The van der Waals surface area contributed by atoms with Crippen LogP contribution in [-0.4, -0.2) is 21.6 Å². The molecule has 32 heavy (non-hydrogen) atoms. The van der Waals surface area contributed by atoms with E-state index in [1.54, 1.807) is 36.4 Å². The summed E-state index contributed by atoms with van der Waals surface area (Å²) < 4.78 is 0. The molecule has 162 valence electrons. The minimum absolute atomic E-state index is 0.112. The molecule has 0 aliphatic carbocycles. The number of nitrogens with one attached hydrogen (secondary N) is 2. The fourth-order valence-corrected chi connectivity index (χ4v) is 3.74. The molecule has 3 N–H and O–H groups in total. The van der Waals surface area contributed by atoms with Crippen LogP contribution in [0.25, 0.3) is 22.2 Å². The molecule has 0 atom stereocenters. The zero-order valence-corrected chi connectivity index (χ0v) is 17.4. The third kappa shape index (κ3) is 4.46. The number of unbranched alkanes of at least 4 members (excludes halogenated alkanes) is 1. The number of hydrogen-bond donors (Lipinski definition) is 3. The van der Waals surface area contributed by atoms with E-state index < -0.39 is 16.1 Å². The number of nitro groups is 1. The van der Waals surface area contributed by atoms with Crippen molar-refractivity contribution in [3.8, 4) is 17.0 Å². The molecule has 0 amide bonds. The molecule has 0 aliphatic heterocycles. The second-order valence-electron chi connectivity index (χ2n) is 7.58. The predicted molar refractivity (Wildman–Crippen MR) is 126 cm³/mol. The SMILES string of the molecule is O=c1c(O)c(-c2ccc(NCCCCc3ccccc3)c([N+](=O)[O-])c2)[nH]c2ccccc12. The number of para-hydroxylation sites is 1. The topological polar surface area (TPSA) is 108 Å². The molecule has 0 aliphatic rings. The minimum Gasteiger partial charge on any atom is -0.503 e. The van der Waals surface area contributed by atoms with Crippen LogP contribution in [0.15, 0.2) is 77.6 Å². The van der Waals surface area contributed by atoms with E-state index in [9.17, 15) is 20.0 Å². The number of hydrogen-bond acceptors (Lipinski definition) is 5. The van der Waals surface area contributed by atoms with Crippen LogP contribution in [0.2, 0.25) is 0 Å². The van der Waals surface area contributed by atoms with Gasteiger partial charge in [-0.25, -0.2) is 0 Å².